The molecule has 0 aliphatic heterocycles. The topological polar surface area (TPSA) is 97.9 Å². The lowest BCUT2D eigenvalue weighted by Crippen LogP contribution is -2.48. The molecule has 2 amide bonds. The second kappa shape index (κ2) is 10.4. The second-order valence-electron chi connectivity index (χ2n) is 4.09. The minimum Gasteiger partial charge on any atom is -0.491 e. The predicted octanol–water partition coefficient (Wildman–Crippen LogP) is 0.977. The van der Waals surface area contributed by atoms with Crippen molar-refractivity contribution in [3.63, 3.8) is 0 Å². The number of benzene rings is 1. The van der Waals surface area contributed by atoms with Gasteiger partial charge in [0.2, 0.25) is 0 Å². The number of thiocarbonyl (C=S) groups is 1. The minimum atomic E-state index is -0.727. The number of hydrogen-bond acceptors (Lipinski definition) is 6. The van der Waals surface area contributed by atoms with Crippen molar-refractivity contribution in [3.8, 4) is 5.75 Å². The van der Waals surface area contributed by atoms with Gasteiger partial charge in [-0.25, -0.2) is 10.2 Å². The van der Waals surface area contributed by atoms with E-state index >= 15 is 0 Å². The molecule has 9 heteroatoms. The molecule has 23 heavy (non-hydrogen) atoms. The third-order valence-electron chi connectivity index (χ3n) is 2.51. The first-order valence-corrected chi connectivity index (χ1v) is 7.23. The molecule has 3 N–H and O–H groups in total. The molecule has 8 nitrogen and oxygen atoms in total. The van der Waals surface area contributed by atoms with Crippen molar-refractivity contribution in [2.24, 2.45) is 0 Å². The van der Waals surface area contributed by atoms with Crippen LogP contribution in [0.3, 0.4) is 0 Å². The highest BCUT2D eigenvalue weighted by Crippen LogP contribution is 2.12. The highest BCUT2D eigenvalue weighted by Gasteiger charge is 2.08. The van der Waals surface area contributed by atoms with E-state index in [9.17, 15) is 9.59 Å². The SMILES string of the molecule is CCOCCOc1ccc(C(=O)NC(=S)NNC(=O)OC)cc1. The summed E-state index contributed by atoms with van der Waals surface area (Å²) < 4.78 is 14.9. The zero-order valence-corrected chi connectivity index (χ0v) is 13.7. The third kappa shape index (κ3) is 7.43. The quantitative estimate of drug-likeness (QED) is 0.403. The zero-order chi connectivity index (χ0) is 17.1. The van der Waals surface area contributed by atoms with Gasteiger partial charge in [0.05, 0.1) is 13.7 Å². The first-order chi connectivity index (χ1) is 11.1. The van der Waals surface area contributed by atoms with Crippen LogP contribution in [-0.4, -0.2) is 44.0 Å². The van der Waals surface area contributed by atoms with Crippen LogP contribution in [0, 0.1) is 0 Å². The fourth-order valence-electron chi connectivity index (χ4n) is 1.43. The van der Waals surface area contributed by atoms with Gasteiger partial charge in [0, 0.05) is 12.2 Å². The van der Waals surface area contributed by atoms with Gasteiger partial charge in [0.1, 0.15) is 12.4 Å². The summed E-state index contributed by atoms with van der Waals surface area (Å²) >= 11 is 4.85. The molecule has 0 atom stereocenters. The number of carbonyl (C=O) groups is 2. The van der Waals surface area contributed by atoms with Crippen molar-refractivity contribution in [2.45, 2.75) is 6.92 Å². The minimum absolute atomic E-state index is 0.0579. The van der Waals surface area contributed by atoms with E-state index in [1.54, 1.807) is 24.3 Å². The Morgan fingerprint density at radius 2 is 1.83 bits per heavy atom. The van der Waals surface area contributed by atoms with Crippen LogP contribution in [0.2, 0.25) is 0 Å². The summed E-state index contributed by atoms with van der Waals surface area (Å²) in [6.07, 6.45) is -0.727. The van der Waals surface area contributed by atoms with Crippen LogP contribution in [0.25, 0.3) is 0 Å². The van der Waals surface area contributed by atoms with E-state index in [2.05, 4.69) is 20.9 Å². The number of amides is 2. The Kier molecular flexibility index (Phi) is 8.40. The van der Waals surface area contributed by atoms with Gasteiger partial charge in [-0.1, -0.05) is 0 Å². The van der Waals surface area contributed by atoms with Crippen molar-refractivity contribution in [1.29, 1.82) is 0 Å². The van der Waals surface area contributed by atoms with Crippen molar-refractivity contribution < 1.29 is 23.8 Å². The molecular weight excluding hydrogens is 322 g/mol. The fraction of sp³-hybridized carbons (Fsp3) is 0.357. The maximum Gasteiger partial charge on any atom is 0.425 e. The van der Waals surface area contributed by atoms with Gasteiger partial charge >= 0.3 is 6.09 Å². The van der Waals surface area contributed by atoms with E-state index in [-0.39, 0.29) is 5.11 Å². The molecule has 0 aliphatic carbocycles. The average molecular weight is 341 g/mol. The van der Waals surface area contributed by atoms with Crippen LogP contribution >= 0.6 is 12.2 Å². The van der Waals surface area contributed by atoms with Crippen LogP contribution in [0.15, 0.2) is 24.3 Å². The van der Waals surface area contributed by atoms with Gasteiger partial charge in [-0.3, -0.25) is 15.5 Å². The lowest BCUT2D eigenvalue weighted by atomic mass is 10.2. The van der Waals surface area contributed by atoms with Crippen molar-refractivity contribution in [2.75, 3.05) is 26.9 Å². The van der Waals surface area contributed by atoms with Gasteiger partial charge in [-0.2, -0.15) is 0 Å². The van der Waals surface area contributed by atoms with Gasteiger partial charge < -0.3 is 14.2 Å². The lowest BCUT2D eigenvalue weighted by Gasteiger charge is -2.10. The maximum atomic E-state index is 11.9. The van der Waals surface area contributed by atoms with E-state index in [0.717, 1.165) is 0 Å². The summed E-state index contributed by atoms with van der Waals surface area (Å²) in [6.45, 7) is 3.49. The molecule has 1 rings (SSSR count). The first kappa shape index (κ1) is 18.7. The molecular formula is C14H19N3O5S. The molecule has 1 aromatic carbocycles. The first-order valence-electron chi connectivity index (χ1n) is 6.82. The van der Waals surface area contributed by atoms with E-state index in [1.165, 1.54) is 7.11 Å². The number of hydrazine groups is 1. The summed E-state index contributed by atoms with van der Waals surface area (Å²) in [7, 11) is 1.21. The zero-order valence-electron chi connectivity index (χ0n) is 12.9. The van der Waals surface area contributed by atoms with Gasteiger partial charge in [-0.05, 0) is 43.4 Å². The molecule has 0 spiro atoms. The van der Waals surface area contributed by atoms with Crippen molar-refractivity contribution in [1.82, 2.24) is 16.2 Å². The fourth-order valence-corrected chi connectivity index (χ4v) is 1.57. The monoisotopic (exact) mass is 341 g/mol. The lowest BCUT2D eigenvalue weighted by molar-refractivity contribution is 0.0975. The highest BCUT2D eigenvalue weighted by molar-refractivity contribution is 7.80. The van der Waals surface area contributed by atoms with Gasteiger partial charge in [0.25, 0.3) is 5.91 Å². The molecule has 0 saturated heterocycles. The third-order valence-corrected chi connectivity index (χ3v) is 2.71. The molecule has 0 fully saturated rings. The molecule has 0 bridgehead atoms. The largest absolute Gasteiger partial charge is 0.491 e. The Bertz CT molecular complexity index is 536. The van der Waals surface area contributed by atoms with Crippen LogP contribution < -0.4 is 20.9 Å². The molecule has 126 valence electrons. The van der Waals surface area contributed by atoms with E-state index in [0.29, 0.717) is 31.1 Å². The van der Waals surface area contributed by atoms with E-state index < -0.39 is 12.0 Å². The van der Waals surface area contributed by atoms with Gasteiger partial charge in [0.15, 0.2) is 5.11 Å². The Hall–Kier alpha value is -2.39. The number of nitrogens with one attached hydrogen (secondary N) is 3. The van der Waals surface area contributed by atoms with Crippen molar-refractivity contribution in [3.05, 3.63) is 29.8 Å². The van der Waals surface area contributed by atoms with Crippen LogP contribution in [0.5, 0.6) is 5.75 Å². The van der Waals surface area contributed by atoms with Crippen molar-refractivity contribution >= 4 is 29.3 Å². The maximum absolute atomic E-state index is 11.9. The summed E-state index contributed by atoms with van der Waals surface area (Å²) in [6, 6.07) is 6.54. The van der Waals surface area contributed by atoms with Gasteiger partial charge in [-0.15, -0.1) is 0 Å². The molecule has 0 aliphatic rings. The number of rotatable bonds is 6. The number of carbonyl (C=O) groups excluding carboxylic acids is 2. The predicted molar refractivity (Wildman–Crippen MR) is 87.2 cm³/mol. The molecule has 0 unspecified atom stereocenters. The van der Waals surface area contributed by atoms with E-state index in [4.69, 9.17) is 21.7 Å². The highest BCUT2D eigenvalue weighted by atomic mass is 32.1. The molecule has 0 aromatic heterocycles. The standard InChI is InChI=1S/C14H19N3O5S/c1-3-21-8-9-22-11-6-4-10(5-7-11)12(18)15-13(23)16-17-14(19)20-2/h4-7H,3,8-9H2,1-2H3,(H,17,19)(H2,15,16,18,23). The molecule has 0 heterocycles. The number of hydrogen-bond donors (Lipinski definition) is 3. The Balaban J connectivity index is 2.41. The van der Waals surface area contributed by atoms with Crippen LogP contribution in [-0.2, 0) is 9.47 Å². The molecule has 0 saturated carbocycles. The molecule has 0 radical (unpaired) electrons. The Morgan fingerprint density at radius 3 is 2.43 bits per heavy atom. The normalized spacial score (nSPS) is 9.65. The van der Waals surface area contributed by atoms with E-state index in [1.807, 2.05) is 6.92 Å². The number of methoxy groups -OCH3 is 1. The van der Waals surface area contributed by atoms with Crippen LogP contribution in [0.4, 0.5) is 4.79 Å². The van der Waals surface area contributed by atoms with Crippen LogP contribution in [0.1, 0.15) is 17.3 Å². The summed E-state index contributed by atoms with van der Waals surface area (Å²) in [5, 5.41) is 2.35. The molecule has 1 aromatic rings. The smallest absolute Gasteiger partial charge is 0.425 e. The Labute approximate surface area is 139 Å². The average Bonchev–Trinajstić information content (AvgIpc) is 2.57. The summed E-state index contributed by atoms with van der Waals surface area (Å²) in [5.74, 6) is 0.212. The second-order valence-corrected chi connectivity index (χ2v) is 4.50. The number of ether oxygens (including phenoxy) is 3. The summed E-state index contributed by atoms with van der Waals surface area (Å²) in [5.41, 5.74) is 4.85. The Morgan fingerprint density at radius 1 is 1.13 bits per heavy atom. The summed E-state index contributed by atoms with van der Waals surface area (Å²) in [4.78, 5) is 22.8.